The zero-order valence-electron chi connectivity index (χ0n) is 15.8. The number of likely N-dealkylation sites (tertiary alicyclic amines) is 1. The number of rotatable bonds is 6. The zero-order chi connectivity index (χ0) is 21.5. The summed E-state index contributed by atoms with van der Waals surface area (Å²) < 4.78 is 42.0. The van der Waals surface area contributed by atoms with Crippen molar-refractivity contribution in [3.8, 4) is 0 Å². The molecule has 0 saturated carbocycles. The van der Waals surface area contributed by atoms with Crippen LogP contribution in [0.4, 0.5) is 4.39 Å². The average molecular weight is 447 g/mol. The Balaban J connectivity index is 1.48. The van der Waals surface area contributed by atoms with Gasteiger partial charge >= 0.3 is 0 Å². The van der Waals surface area contributed by atoms with Gasteiger partial charge in [0, 0.05) is 23.4 Å². The second-order valence-electron chi connectivity index (χ2n) is 7.08. The lowest BCUT2D eigenvalue weighted by atomic mass is 10.1. The molecule has 1 saturated heterocycles. The molecule has 2 aromatic carbocycles. The van der Waals surface area contributed by atoms with Crippen LogP contribution in [-0.4, -0.2) is 37.6 Å². The summed E-state index contributed by atoms with van der Waals surface area (Å²) in [5.74, 6) is -0.797. The monoisotopic (exact) mass is 446 g/mol. The van der Waals surface area contributed by atoms with Gasteiger partial charge in [0.2, 0.25) is 5.91 Å². The Morgan fingerprint density at radius 3 is 2.83 bits per heavy atom. The van der Waals surface area contributed by atoms with Crippen molar-refractivity contribution in [1.82, 2.24) is 9.62 Å². The van der Waals surface area contributed by atoms with Crippen LogP contribution >= 0.6 is 11.3 Å². The Morgan fingerprint density at radius 1 is 1.27 bits per heavy atom. The van der Waals surface area contributed by atoms with Crippen molar-refractivity contribution in [2.24, 2.45) is 5.73 Å². The van der Waals surface area contributed by atoms with Crippen LogP contribution in [0.5, 0.6) is 0 Å². The number of benzene rings is 2. The molecule has 1 amide bonds. The number of nitrogens with two attached hydrogens (primary N) is 1. The fraction of sp³-hybridized carbons (Fsp3) is 0.200. The third-order valence-corrected chi connectivity index (χ3v) is 7.97. The van der Waals surface area contributed by atoms with Gasteiger partial charge in [-0.25, -0.2) is 12.8 Å². The van der Waals surface area contributed by atoms with Crippen molar-refractivity contribution in [1.29, 1.82) is 5.41 Å². The van der Waals surface area contributed by atoms with Crippen molar-refractivity contribution in [2.45, 2.75) is 23.2 Å². The highest BCUT2D eigenvalue weighted by Crippen LogP contribution is 2.30. The van der Waals surface area contributed by atoms with Gasteiger partial charge in [0.05, 0.1) is 0 Å². The molecule has 1 aliphatic heterocycles. The van der Waals surface area contributed by atoms with Crippen LogP contribution in [0.25, 0.3) is 10.1 Å². The van der Waals surface area contributed by atoms with E-state index in [1.165, 1.54) is 24.3 Å². The third kappa shape index (κ3) is 4.07. The lowest BCUT2D eigenvalue weighted by molar-refractivity contribution is -0.129. The largest absolute Gasteiger partial charge is 0.384 e. The van der Waals surface area contributed by atoms with E-state index < -0.39 is 21.9 Å². The SMILES string of the molecule is N=C(N)c1cccc(CN2CC[C@H](NS(=O)(=O)c3cc4ccc(F)cc4s3)C2=O)c1. The van der Waals surface area contributed by atoms with E-state index >= 15 is 0 Å². The van der Waals surface area contributed by atoms with Gasteiger partial charge < -0.3 is 10.6 Å². The van der Waals surface area contributed by atoms with E-state index in [9.17, 15) is 17.6 Å². The van der Waals surface area contributed by atoms with E-state index in [0.717, 1.165) is 16.9 Å². The summed E-state index contributed by atoms with van der Waals surface area (Å²) in [4.78, 5) is 14.3. The smallest absolute Gasteiger partial charge is 0.250 e. The first kappa shape index (κ1) is 20.5. The van der Waals surface area contributed by atoms with Gasteiger partial charge in [-0.15, -0.1) is 11.3 Å². The van der Waals surface area contributed by atoms with Gasteiger partial charge in [0.15, 0.2) is 0 Å². The molecule has 1 aromatic heterocycles. The summed E-state index contributed by atoms with van der Waals surface area (Å²) in [5.41, 5.74) is 6.89. The third-order valence-electron chi connectivity index (χ3n) is 4.93. The number of hydrogen-bond donors (Lipinski definition) is 3. The van der Waals surface area contributed by atoms with E-state index in [2.05, 4.69) is 4.72 Å². The van der Waals surface area contributed by atoms with Crippen molar-refractivity contribution >= 4 is 43.2 Å². The number of sulfonamides is 1. The number of amidine groups is 1. The number of carbonyl (C=O) groups is 1. The van der Waals surface area contributed by atoms with Crippen molar-refractivity contribution in [3.05, 3.63) is 65.5 Å². The van der Waals surface area contributed by atoms with Gasteiger partial charge in [-0.2, -0.15) is 4.72 Å². The highest BCUT2D eigenvalue weighted by molar-refractivity contribution is 7.91. The number of carbonyl (C=O) groups excluding carboxylic acids is 1. The van der Waals surface area contributed by atoms with Gasteiger partial charge in [0.25, 0.3) is 10.0 Å². The maximum Gasteiger partial charge on any atom is 0.250 e. The first-order valence-electron chi connectivity index (χ1n) is 9.16. The Kier molecular flexibility index (Phi) is 5.31. The predicted octanol–water partition coefficient (Wildman–Crippen LogP) is 2.40. The van der Waals surface area contributed by atoms with Crippen LogP contribution in [0, 0.1) is 11.2 Å². The fourth-order valence-corrected chi connectivity index (χ4v) is 6.08. The van der Waals surface area contributed by atoms with Crippen LogP contribution in [0.15, 0.2) is 52.7 Å². The predicted molar refractivity (Wildman–Crippen MR) is 113 cm³/mol. The molecule has 0 spiro atoms. The molecule has 2 heterocycles. The minimum absolute atomic E-state index is 0.0449. The standard InChI is InChI=1S/C20H19FN4O3S2/c21-15-5-4-13-9-18(29-17(13)10-15)30(27,28)24-16-6-7-25(20(16)26)11-12-2-1-3-14(8-12)19(22)23/h1-5,8-10,16,24H,6-7,11H2,(H3,22,23)/t16-/m0/s1. The Morgan fingerprint density at radius 2 is 2.07 bits per heavy atom. The molecule has 30 heavy (non-hydrogen) atoms. The molecule has 156 valence electrons. The highest BCUT2D eigenvalue weighted by Gasteiger charge is 2.35. The number of hydrogen-bond acceptors (Lipinski definition) is 5. The minimum atomic E-state index is -3.91. The quantitative estimate of drug-likeness (QED) is 0.398. The molecule has 0 aliphatic carbocycles. The molecule has 0 unspecified atom stereocenters. The number of halogens is 1. The molecule has 1 fully saturated rings. The number of nitrogens with one attached hydrogen (secondary N) is 2. The normalized spacial score (nSPS) is 17.0. The molecular weight excluding hydrogens is 427 g/mol. The van der Waals surface area contributed by atoms with E-state index in [0.29, 0.717) is 35.2 Å². The lowest BCUT2D eigenvalue weighted by Crippen LogP contribution is -2.41. The first-order valence-corrected chi connectivity index (χ1v) is 11.5. The van der Waals surface area contributed by atoms with E-state index in [-0.39, 0.29) is 16.0 Å². The van der Waals surface area contributed by atoms with E-state index in [1.807, 2.05) is 6.07 Å². The molecule has 1 atom stereocenters. The molecule has 3 aromatic rings. The first-order chi connectivity index (χ1) is 14.2. The number of fused-ring (bicyclic) bond motifs is 1. The number of nitrogens with zero attached hydrogens (tertiary/aromatic N) is 1. The summed E-state index contributed by atoms with van der Waals surface area (Å²) in [6.07, 6.45) is 0.351. The maximum atomic E-state index is 13.4. The van der Waals surface area contributed by atoms with Gasteiger partial charge in [-0.1, -0.05) is 24.3 Å². The van der Waals surface area contributed by atoms with Crippen LogP contribution in [0.3, 0.4) is 0 Å². The van der Waals surface area contributed by atoms with Crippen LogP contribution in [0.2, 0.25) is 0 Å². The van der Waals surface area contributed by atoms with Crippen LogP contribution < -0.4 is 10.5 Å². The van der Waals surface area contributed by atoms with E-state index in [4.69, 9.17) is 11.1 Å². The summed E-state index contributed by atoms with van der Waals surface area (Å²) in [7, 11) is -3.91. The number of thiophene rings is 1. The maximum absolute atomic E-state index is 13.4. The van der Waals surface area contributed by atoms with Crippen LogP contribution in [-0.2, 0) is 21.4 Å². The summed E-state index contributed by atoms with van der Waals surface area (Å²) in [5, 5.41) is 8.15. The van der Waals surface area contributed by atoms with Gasteiger partial charge in [0.1, 0.15) is 21.9 Å². The molecule has 0 bridgehead atoms. The molecule has 1 aliphatic rings. The molecule has 10 heteroatoms. The molecule has 7 nitrogen and oxygen atoms in total. The number of amides is 1. The van der Waals surface area contributed by atoms with E-state index in [1.54, 1.807) is 23.1 Å². The summed E-state index contributed by atoms with van der Waals surface area (Å²) >= 11 is 0.963. The minimum Gasteiger partial charge on any atom is -0.384 e. The van der Waals surface area contributed by atoms with Crippen molar-refractivity contribution in [2.75, 3.05) is 6.54 Å². The summed E-state index contributed by atoms with van der Waals surface area (Å²) in [6, 6.07) is 11.8. The van der Waals surface area contributed by atoms with Gasteiger partial charge in [-0.05, 0) is 41.6 Å². The second kappa shape index (κ2) is 7.78. The molecule has 0 radical (unpaired) electrons. The second-order valence-corrected chi connectivity index (χ2v) is 10.1. The van der Waals surface area contributed by atoms with Crippen molar-refractivity contribution < 1.29 is 17.6 Å². The molecular formula is C20H19FN4O3S2. The summed E-state index contributed by atoms with van der Waals surface area (Å²) in [6.45, 7) is 0.717. The highest BCUT2D eigenvalue weighted by atomic mass is 32.2. The Bertz CT molecular complexity index is 1260. The number of nitrogen functional groups attached to an aromatic ring is 1. The van der Waals surface area contributed by atoms with Crippen LogP contribution in [0.1, 0.15) is 17.5 Å². The zero-order valence-corrected chi connectivity index (χ0v) is 17.4. The van der Waals surface area contributed by atoms with Crippen molar-refractivity contribution in [3.63, 3.8) is 0 Å². The molecule has 4 rings (SSSR count). The lowest BCUT2D eigenvalue weighted by Gasteiger charge is -2.17. The van der Waals surface area contributed by atoms with Gasteiger partial charge in [-0.3, -0.25) is 10.2 Å². The average Bonchev–Trinajstić information content (AvgIpc) is 3.27. The Labute approximate surface area is 176 Å². The fourth-order valence-electron chi connectivity index (χ4n) is 3.42. The molecule has 4 N–H and O–H groups in total. The topological polar surface area (TPSA) is 116 Å². The Hall–Kier alpha value is -2.82.